The quantitative estimate of drug-likeness (QED) is 0.773. The van der Waals surface area contributed by atoms with Gasteiger partial charge in [-0.3, -0.25) is 0 Å². The Labute approximate surface area is 134 Å². The van der Waals surface area contributed by atoms with Crippen LogP contribution in [-0.2, 0) is 10.0 Å². The Kier molecular flexibility index (Phi) is 3.69. The van der Waals surface area contributed by atoms with Gasteiger partial charge in [-0.1, -0.05) is 38.5 Å². The second-order valence-electron chi connectivity index (χ2n) is 8.19. The molecule has 1 heterocycles. The van der Waals surface area contributed by atoms with Crippen molar-refractivity contribution in [2.45, 2.75) is 63.8 Å². The average Bonchev–Trinajstić information content (AvgIpc) is 3.13. The van der Waals surface area contributed by atoms with Gasteiger partial charge >= 0.3 is 0 Å². The van der Waals surface area contributed by atoms with E-state index >= 15 is 0 Å². The summed E-state index contributed by atoms with van der Waals surface area (Å²) in [5.74, 6) is 0.711. The molecule has 1 saturated carbocycles. The zero-order valence-corrected chi connectivity index (χ0v) is 14.9. The molecule has 0 N–H and O–H groups in total. The van der Waals surface area contributed by atoms with E-state index in [1.165, 1.54) is 0 Å². The first-order valence-electron chi connectivity index (χ1n) is 8.25. The van der Waals surface area contributed by atoms with Crippen molar-refractivity contribution in [2.24, 2.45) is 11.3 Å². The summed E-state index contributed by atoms with van der Waals surface area (Å²) in [7, 11) is -3.31. The maximum Gasteiger partial charge on any atom is 0.243 e. The number of nitrogens with zero attached hydrogens (tertiary/aromatic N) is 1. The molecule has 4 heteroatoms. The van der Waals surface area contributed by atoms with Crippen molar-refractivity contribution >= 4 is 10.0 Å². The largest absolute Gasteiger partial charge is 0.243 e. The van der Waals surface area contributed by atoms with Crippen molar-refractivity contribution in [1.82, 2.24) is 4.31 Å². The van der Waals surface area contributed by atoms with Crippen LogP contribution in [0.2, 0.25) is 0 Å². The summed E-state index contributed by atoms with van der Waals surface area (Å²) < 4.78 is 27.3. The van der Waals surface area contributed by atoms with Gasteiger partial charge in [0.05, 0.1) is 10.4 Å². The Morgan fingerprint density at radius 2 is 1.64 bits per heavy atom. The first kappa shape index (κ1) is 16.0. The minimum absolute atomic E-state index is 0.0779. The number of hydrogen-bond acceptors (Lipinski definition) is 2. The van der Waals surface area contributed by atoms with Crippen molar-refractivity contribution in [3.8, 4) is 0 Å². The third kappa shape index (κ3) is 2.71. The molecule has 2 aliphatic rings. The van der Waals surface area contributed by atoms with Crippen LogP contribution < -0.4 is 0 Å². The molecule has 0 amide bonds. The predicted octanol–water partition coefficient (Wildman–Crippen LogP) is 3.97. The van der Waals surface area contributed by atoms with Crippen LogP contribution in [0, 0.1) is 18.3 Å². The van der Waals surface area contributed by atoms with Crippen molar-refractivity contribution in [1.29, 1.82) is 0 Å². The third-order valence-corrected chi connectivity index (χ3v) is 7.58. The van der Waals surface area contributed by atoms with Crippen molar-refractivity contribution in [3.05, 3.63) is 29.8 Å². The van der Waals surface area contributed by atoms with Gasteiger partial charge in [0.1, 0.15) is 0 Å². The van der Waals surface area contributed by atoms with Crippen LogP contribution in [0.4, 0.5) is 0 Å². The topological polar surface area (TPSA) is 37.1 Å². The molecular formula is C18H27NO2S. The highest BCUT2D eigenvalue weighted by Crippen LogP contribution is 2.52. The van der Waals surface area contributed by atoms with Gasteiger partial charge in [-0.15, -0.1) is 0 Å². The molecule has 22 heavy (non-hydrogen) atoms. The van der Waals surface area contributed by atoms with E-state index < -0.39 is 10.0 Å². The molecule has 1 spiro atoms. The van der Waals surface area contributed by atoms with Gasteiger partial charge < -0.3 is 0 Å². The molecule has 1 aromatic carbocycles. The molecule has 1 aliphatic carbocycles. The predicted molar refractivity (Wildman–Crippen MR) is 89.2 cm³/mol. The van der Waals surface area contributed by atoms with Gasteiger partial charge in [-0.25, -0.2) is 8.42 Å². The average molecular weight is 321 g/mol. The first-order chi connectivity index (χ1) is 10.2. The summed E-state index contributed by atoms with van der Waals surface area (Å²) in [4.78, 5) is 0.438. The third-order valence-electron chi connectivity index (χ3n) is 5.61. The van der Waals surface area contributed by atoms with Gasteiger partial charge in [0, 0.05) is 6.54 Å². The SMILES string of the molecule is Cc1ccc(S(=O)(=O)N2CC23CCC(C(C)(C)C)CC3)cc1. The molecule has 1 aromatic rings. The number of hydrogen-bond donors (Lipinski definition) is 0. The first-order valence-corrected chi connectivity index (χ1v) is 9.69. The molecule has 2 fully saturated rings. The molecule has 3 nitrogen and oxygen atoms in total. The fourth-order valence-electron chi connectivity index (χ4n) is 3.84. The van der Waals surface area contributed by atoms with Crippen LogP contribution >= 0.6 is 0 Å². The highest BCUT2D eigenvalue weighted by atomic mass is 32.2. The standard InChI is InChI=1S/C18H27NO2S/c1-14-5-7-16(8-6-14)22(20,21)19-13-18(19)11-9-15(10-12-18)17(2,3)4/h5-8,15H,9-13H2,1-4H3. The number of benzene rings is 1. The van der Waals surface area contributed by atoms with Gasteiger partial charge in [-0.2, -0.15) is 4.31 Å². The van der Waals surface area contributed by atoms with E-state index in [4.69, 9.17) is 0 Å². The monoisotopic (exact) mass is 321 g/mol. The zero-order chi connectivity index (χ0) is 16.2. The van der Waals surface area contributed by atoms with E-state index in [1.807, 2.05) is 19.1 Å². The molecule has 1 unspecified atom stereocenters. The Morgan fingerprint density at radius 3 is 2.14 bits per heavy atom. The number of aryl methyl sites for hydroxylation is 1. The highest BCUT2D eigenvalue weighted by molar-refractivity contribution is 7.89. The molecule has 0 radical (unpaired) electrons. The number of rotatable bonds is 2. The molecule has 3 rings (SSSR count). The van der Waals surface area contributed by atoms with E-state index in [0.717, 1.165) is 31.2 Å². The van der Waals surface area contributed by atoms with Gasteiger partial charge in [-0.05, 0) is 56.1 Å². The minimum Gasteiger partial charge on any atom is -0.207 e. The maximum absolute atomic E-state index is 12.8. The Bertz CT molecular complexity index is 647. The van der Waals surface area contributed by atoms with Crippen molar-refractivity contribution < 1.29 is 8.42 Å². The molecule has 1 aliphatic heterocycles. The van der Waals surface area contributed by atoms with E-state index in [9.17, 15) is 8.42 Å². The van der Waals surface area contributed by atoms with Crippen molar-refractivity contribution in [3.63, 3.8) is 0 Å². The summed E-state index contributed by atoms with van der Waals surface area (Å²) in [5.41, 5.74) is 1.34. The lowest BCUT2D eigenvalue weighted by Crippen LogP contribution is -2.33. The zero-order valence-electron chi connectivity index (χ0n) is 14.1. The minimum atomic E-state index is -3.31. The Morgan fingerprint density at radius 1 is 1.09 bits per heavy atom. The van der Waals surface area contributed by atoms with Gasteiger partial charge in [0.15, 0.2) is 0 Å². The normalized spacial score (nSPS) is 32.2. The van der Waals surface area contributed by atoms with Crippen LogP contribution in [0.15, 0.2) is 29.2 Å². The smallest absolute Gasteiger partial charge is 0.207 e. The van der Waals surface area contributed by atoms with Crippen LogP contribution in [-0.4, -0.2) is 24.8 Å². The van der Waals surface area contributed by atoms with Crippen LogP contribution in [0.5, 0.6) is 0 Å². The molecule has 0 aromatic heterocycles. The van der Waals surface area contributed by atoms with Crippen molar-refractivity contribution in [2.75, 3.05) is 6.54 Å². The number of sulfonamides is 1. The second-order valence-corrected chi connectivity index (χ2v) is 10.1. The molecule has 0 bridgehead atoms. The molecule has 122 valence electrons. The lowest BCUT2D eigenvalue weighted by atomic mass is 9.69. The second kappa shape index (κ2) is 5.07. The lowest BCUT2D eigenvalue weighted by Gasteiger charge is -2.37. The molecule has 1 saturated heterocycles. The summed E-state index contributed by atoms with van der Waals surface area (Å²) in [6.07, 6.45) is 4.31. The fraction of sp³-hybridized carbons (Fsp3) is 0.667. The highest BCUT2D eigenvalue weighted by Gasteiger charge is 2.59. The fourth-order valence-corrected chi connectivity index (χ4v) is 5.68. The van der Waals surface area contributed by atoms with Crippen LogP contribution in [0.3, 0.4) is 0 Å². The van der Waals surface area contributed by atoms with E-state index in [0.29, 0.717) is 22.8 Å². The van der Waals surface area contributed by atoms with Crippen LogP contribution in [0.25, 0.3) is 0 Å². The van der Waals surface area contributed by atoms with Gasteiger partial charge in [0.25, 0.3) is 0 Å². The van der Waals surface area contributed by atoms with E-state index in [1.54, 1.807) is 16.4 Å². The van der Waals surface area contributed by atoms with E-state index in [-0.39, 0.29) is 5.54 Å². The van der Waals surface area contributed by atoms with Gasteiger partial charge in [0.2, 0.25) is 10.0 Å². The maximum atomic E-state index is 12.8. The summed E-state index contributed by atoms with van der Waals surface area (Å²) >= 11 is 0. The molecular weight excluding hydrogens is 294 g/mol. The Hall–Kier alpha value is -0.870. The Balaban J connectivity index is 1.73. The van der Waals surface area contributed by atoms with E-state index in [2.05, 4.69) is 20.8 Å². The summed E-state index contributed by atoms with van der Waals surface area (Å²) in [6, 6.07) is 7.22. The summed E-state index contributed by atoms with van der Waals surface area (Å²) in [6.45, 7) is 9.57. The van der Waals surface area contributed by atoms with Crippen LogP contribution in [0.1, 0.15) is 52.0 Å². The molecule has 1 atom stereocenters. The summed E-state index contributed by atoms with van der Waals surface area (Å²) in [5, 5.41) is 0. The lowest BCUT2D eigenvalue weighted by molar-refractivity contribution is 0.155.